The van der Waals surface area contributed by atoms with Crippen LogP contribution >= 0.6 is 0 Å². The smallest absolute Gasteiger partial charge is 0.165 e. The van der Waals surface area contributed by atoms with E-state index in [4.69, 9.17) is 10.5 Å². The average molecular weight is 260 g/mol. The van der Waals surface area contributed by atoms with E-state index in [1.54, 1.807) is 24.4 Å². The van der Waals surface area contributed by atoms with Gasteiger partial charge in [-0.3, -0.25) is 4.98 Å². The van der Waals surface area contributed by atoms with Crippen LogP contribution in [0.25, 0.3) is 0 Å². The molecule has 1 aliphatic heterocycles. The second-order valence-corrected chi connectivity index (χ2v) is 4.38. The number of benzene rings is 1. The fraction of sp³-hybridized carbons (Fsp3) is 0.231. The summed E-state index contributed by atoms with van der Waals surface area (Å²) in [5.41, 5.74) is 5.57. The van der Waals surface area contributed by atoms with E-state index in [0.717, 1.165) is 0 Å². The third-order valence-electron chi connectivity index (χ3n) is 2.94. The van der Waals surface area contributed by atoms with Crippen LogP contribution < -0.4 is 15.4 Å². The number of ether oxygens (including phenoxy) is 1. The fourth-order valence-corrected chi connectivity index (χ4v) is 1.94. The summed E-state index contributed by atoms with van der Waals surface area (Å²) in [6, 6.07) is 6.39. The number of para-hydroxylation sites is 1. The maximum Gasteiger partial charge on any atom is 0.165 e. The van der Waals surface area contributed by atoms with Crippen molar-refractivity contribution >= 4 is 11.6 Å². The van der Waals surface area contributed by atoms with Crippen LogP contribution in [-0.4, -0.2) is 29.2 Å². The standard InChI is InChI=1S/C13H13FN4O/c14-10-3-1-2-4-11(10)19-9-7-18(8-9)13-6-16-5-12(15)17-13/h1-6,9H,7-8H2,(H2,15,17). The summed E-state index contributed by atoms with van der Waals surface area (Å²) in [5.74, 6) is 1.04. The number of aromatic nitrogens is 2. The van der Waals surface area contributed by atoms with E-state index >= 15 is 0 Å². The Morgan fingerprint density at radius 1 is 1.26 bits per heavy atom. The second-order valence-electron chi connectivity index (χ2n) is 4.38. The van der Waals surface area contributed by atoms with Crippen molar-refractivity contribution in [1.82, 2.24) is 9.97 Å². The summed E-state index contributed by atoms with van der Waals surface area (Å²) in [4.78, 5) is 10.1. The number of hydrogen-bond donors (Lipinski definition) is 1. The van der Waals surface area contributed by atoms with E-state index in [-0.39, 0.29) is 17.7 Å². The molecule has 1 fully saturated rings. The van der Waals surface area contributed by atoms with E-state index in [1.807, 2.05) is 4.90 Å². The zero-order valence-electron chi connectivity index (χ0n) is 10.2. The Morgan fingerprint density at radius 2 is 2.05 bits per heavy atom. The number of nitrogens with two attached hydrogens (primary N) is 1. The number of anilines is 2. The van der Waals surface area contributed by atoms with Crippen LogP contribution in [0.4, 0.5) is 16.0 Å². The van der Waals surface area contributed by atoms with Gasteiger partial charge >= 0.3 is 0 Å². The van der Waals surface area contributed by atoms with Crippen LogP contribution in [-0.2, 0) is 0 Å². The summed E-state index contributed by atoms with van der Waals surface area (Å²) in [6.45, 7) is 1.29. The summed E-state index contributed by atoms with van der Waals surface area (Å²) in [7, 11) is 0. The van der Waals surface area contributed by atoms with Gasteiger partial charge in [-0.1, -0.05) is 12.1 Å². The molecule has 6 heteroatoms. The van der Waals surface area contributed by atoms with Gasteiger partial charge in [0.15, 0.2) is 11.6 Å². The van der Waals surface area contributed by atoms with Crippen molar-refractivity contribution in [1.29, 1.82) is 0 Å². The molecule has 0 saturated carbocycles. The van der Waals surface area contributed by atoms with Crippen molar-refractivity contribution in [3.05, 3.63) is 42.5 Å². The highest BCUT2D eigenvalue weighted by molar-refractivity contribution is 5.44. The predicted octanol–water partition coefficient (Wildman–Crippen LogP) is 1.47. The minimum atomic E-state index is -0.343. The molecule has 19 heavy (non-hydrogen) atoms. The molecule has 0 atom stereocenters. The zero-order valence-corrected chi connectivity index (χ0v) is 10.2. The SMILES string of the molecule is Nc1cncc(N2CC(Oc3ccccc3F)C2)n1. The number of nitrogen functional groups attached to an aromatic ring is 1. The van der Waals surface area contributed by atoms with Crippen LogP contribution in [0.1, 0.15) is 0 Å². The summed E-state index contributed by atoms with van der Waals surface area (Å²) < 4.78 is 19.0. The molecule has 2 heterocycles. The van der Waals surface area contributed by atoms with Crippen molar-refractivity contribution in [2.24, 2.45) is 0 Å². The lowest BCUT2D eigenvalue weighted by Gasteiger charge is -2.39. The molecule has 0 spiro atoms. The molecule has 0 aliphatic carbocycles. The summed E-state index contributed by atoms with van der Waals surface area (Å²) in [6.07, 6.45) is 3.10. The van der Waals surface area contributed by atoms with Crippen LogP contribution in [0.2, 0.25) is 0 Å². The maximum absolute atomic E-state index is 13.4. The van der Waals surface area contributed by atoms with E-state index in [1.165, 1.54) is 12.3 Å². The van der Waals surface area contributed by atoms with E-state index in [2.05, 4.69) is 9.97 Å². The Kier molecular flexibility index (Phi) is 2.91. The van der Waals surface area contributed by atoms with Crippen LogP contribution in [0, 0.1) is 5.82 Å². The Bertz CT molecular complexity index is 586. The largest absolute Gasteiger partial charge is 0.484 e. The third kappa shape index (κ3) is 2.42. The molecule has 0 radical (unpaired) electrons. The molecule has 5 nitrogen and oxygen atoms in total. The molecule has 0 amide bonds. The first kappa shape index (κ1) is 11.7. The molecule has 1 saturated heterocycles. The molecule has 0 unspecified atom stereocenters. The fourth-order valence-electron chi connectivity index (χ4n) is 1.94. The number of nitrogens with zero attached hydrogens (tertiary/aromatic N) is 3. The molecule has 98 valence electrons. The van der Waals surface area contributed by atoms with Gasteiger partial charge in [0.25, 0.3) is 0 Å². The van der Waals surface area contributed by atoms with Gasteiger partial charge in [-0.25, -0.2) is 9.37 Å². The van der Waals surface area contributed by atoms with Crippen molar-refractivity contribution in [3.8, 4) is 5.75 Å². The molecule has 2 N–H and O–H groups in total. The van der Waals surface area contributed by atoms with E-state index in [0.29, 0.717) is 24.7 Å². The monoisotopic (exact) mass is 260 g/mol. The quantitative estimate of drug-likeness (QED) is 0.905. The van der Waals surface area contributed by atoms with Gasteiger partial charge in [-0.2, -0.15) is 0 Å². The molecule has 3 rings (SSSR count). The first-order valence-corrected chi connectivity index (χ1v) is 5.96. The van der Waals surface area contributed by atoms with Crippen LogP contribution in [0.5, 0.6) is 5.75 Å². The predicted molar refractivity (Wildman–Crippen MR) is 69.5 cm³/mol. The number of halogens is 1. The molecular weight excluding hydrogens is 247 g/mol. The van der Waals surface area contributed by atoms with Crippen molar-refractivity contribution < 1.29 is 9.13 Å². The number of hydrogen-bond acceptors (Lipinski definition) is 5. The number of rotatable bonds is 3. The lowest BCUT2D eigenvalue weighted by atomic mass is 10.1. The molecule has 1 aromatic carbocycles. The molecule has 2 aromatic rings. The van der Waals surface area contributed by atoms with Crippen molar-refractivity contribution in [2.75, 3.05) is 23.7 Å². The summed E-state index contributed by atoms with van der Waals surface area (Å²) in [5, 5.41) is 0. The van der Waals surface area contributed by atoms with Crippen LogP contribution in [0.15, 0.2) is 36.7 Å². The highest BCUT2D eigenvalue weighted by atomic mass is 19.1. The molecule has 1 aromatic heterocycles. The lowest BCUT2D eigenvalue weighted by Crippen LogP contribution is -2.54. The normalized spacial score (nSPS) is 15.1. The second kappa shape index (κ2) is 4.72. The topological polar surface area (TPSA) is 64.3 Å². The Hall–Kier alpha value is -2.37. The van der Waals surface area contributed by atoms with Crippen LogP contribution in [0.3, 0.4) is 0 Å². The first-order valence-electron chi connectivity index (χ1n) is 5.96. The average Bonchev–Trinajstić information content (AvgIpc) is 2.35. The minimum Gasteiger partial charge on any atom is -0.484 e. The Balaban J connectivity index is 1.60. The van der Waals surface area contributed by atoms with Gasteiger partial charge in [-0.05, 0) is 12.1 Å². The van der Waals surface area contributed by atoms with Crippen molar-refractivity contribution in [2.45, 2.75) is 6.10 Å². The van der Waals surface area contributed by atoms with Gasteiger partial charge in [0, 0.05) is 0 Å². The molecule has 0 bridgehead atoms. The van der Waals surface area contributed by atoms with Gasteiger partial charge in [-0.15, -0.1) is 0 Å². The Morgan fingerprint density at radius 3 is 2.79 bits per heavy atom. The van der Waals surface area contributed by atoms with E-state index in [9.17, 15) is 4.39 Å². The van der Waals surface area contributed by atoms with Gasteiger partial charge in [0.1, 0.15) is 17.7 Å². The maximum atomic E-state index is 13.4. The van der Waals surface area contributed by atoms with Crippen molar-refractivity contribution in [3.63, 3.8) is 0 Å². The highest BCUT2D eigenvalue weighted by Gasteiger charge is 2.30. The first-order chi connectivity index (χ1) is 9.22. The molecular formula is C13H13FN4O. The lowest BCUT2D eigenvalue weighted by molar-refractivity contribution is 0.160. The zero-order chi connectivity index (χ0) is 13.2. The minimum absolute atomic E-state index is 0.0415. The van der Waals surface area contributed by atoms with Gasteiger partial charge in [0.2, 0.25) is 0 Å². The highest BCUT2D eigenvalue weighted by Crippen LogP contribution is 2.24. The molecule has 1 aliphatic rings. The van der Waals surface area contributed by atoms with Gasteiger partial charge < -0.3 is 15.4 Å². The van der Waals surface area contributed by atoms with Gasteiger partial charge in [0.05, 0.1) is 25.5 Å². The van der Waals surface area contributed by atoms with E-state index < -0.39 is 0 Å². The summed E-state index contributed by atoms with van der Waals surface area (Å²) >= 11 is 0. The third-order valence-corrected chi connectivity index (χ3v) is 2.94. The Labute approximate surface area is 109 Å².